The third kappa shape index (κ3) is 6.24. The van der Waals surface area contributed by atoms with E-state index in [1.165, 1.54) is 75.1 Å². The molecule has 0 amide bonds. The van der Waals surface area contributed by atoms with Gasteiger partial charge in [-0.3, -0.25) is 0 Å². The fraction of sp³-hybridized carbons (Fsp3) is 0.304. The lowest BCUT2D eigenvalue weighted by atomic mass is 9.76. The molecule has 2 unspecified atom stereocenters. The zero-order valence-corrected chi connectivity index (χ0v) is 31.1. The summed E-state index contributed by atoms with van der Waals surface area (Å²) in [5.41, 5.74) is -0.103. The second-order valence-electron chi connectivity index (χ2n) is 14.8. The van der Waals surface area contributed by atoms with E-state index < -0.39 is 8.56 Å². The van der Waals surface area contributed by atoms with Gasteiger partial charge in [-0.25, -0.2) is 0 Å². The monoisotopic (exact) mass is 676 g/mol. The van der Waals surface area contributed by atoms with Gasteiger partial charge in [0.25, 0.3) is 0 Å². The highest BCUT2D eigenvalue weighted by Crippen LogP contribution is 2.37. The highest BCUT2D eigenvalue weighted by Gasteiger charge is 2.38. The lowest BCUT2D eigenvalue weighted by Crippen LogP contribution is -2.44. The van der Waals surface area contributed by atoms with Crippen LogP contribution in [0.3, 0.4) is 0 Å². The topological polar surface area (TPSA) is 27.7 Å². The minimum absolute atomic E-state index is 0.101. The molecule has 50 heavy (non-hydrogen) atoms. The molecule has 0 spiro atoms. The third-order valence-electron chi connectivity index (χ3n) is 11.0. The van der Waals surface area contributed by atoms with Crippen LogP contribution in [0.5, 0.6) is 0 Å². The molecule has 0 saturated carbocycles. The molecule has 254 valence electrons. The van der Waals surface area contributed by atoms with Gasteiger partial charge in [-0.2, -0.15) is 0 Å². The Hall–Kier alpha value is -4.06. The lowest BCUT2D eigenvalue weighted by molar-refractivity contribution is -0.00804. The molecule has 1 aliphatic carbocycles. The zero-order valence-electron chi connectivity index (χ0n) is 30.1. The van der Waals surface area contributed by atoms with Crippen LogP contribution in [-0.2, 0) is 13.6 Å². The molecule has 4 heteroatoms. The number of ether oxygens (including phenoxy) is 1. The summed E-state index contributed by atoms with van der Waals surface area (Å²) in [4.78, 5) is 0. The molecule has 3 nitrogen and oxygen atoms in total. The van der Waals surface area contributed by atoms with E-state index in [0.717, 1.165) is 31.9 Å². The highest BCUT2D eigenvalue weighted by atomic mass is 28.4. The summed E-state index contributed by atoms with van der Waals surface area (Å²) in [7, 11) is -2.24. The molecule has 0 bridgehead atoms. The van der Waals surface area contributed by atoms with E-state index in [9.17, 15) is 0 Å². The van der Waals surface area contributed by atoms with Crippen molar-refractivity contribution in [2.75, 3.05) is 19.8 Å². The number of hydrogen-bond acceptors (Lipinski definition) is 3. The van der Waals surface area contributed by atoms with E-state index in [0.29, 0.717) is 13.2 Å². The van der Waals surface area contributed by atoms with Crippen molar-refractivity contribution in [3.05, 3.63) is 107 Å². The molecule has 1 aliphatic rings. The Balaban J connectivity index is 1.17. The first-order valence-corrected chi connectivity index (χ1v) is 21.1. The molecule has 0 saturated heterocycles. The molecular weight excluding hydrogens is 629 g/mol. The smallest absolute Gasteiger partial charge is 0.335 e. The van der Waals surface area contributed by atoms with Crippen molar-refractivity contribution in [3.8, 4) is 0 Å². The van der Waals surface area contributed by atoms with E-state index in [2.05, 4.69) is 143 Å². The predicted molar refractivity (Wildman–Crippen MR) is 217 cm³/mol. The Labute approximate surface area is 296 Å². The fourth-order valence-electron chi connectivity index (χ4n) is 8.36. The van der Waals surface area contributed by atoms with E-state index in [1.54, 1.807) is 0 Å². The number of benzene rings is 7. The predicted octanol–water partition coefficient (Wildman–Crippen LogP) is 10.9. The van der Waals surface area contributed by atoms with Crippen LogP contribution in [0.4, 0.5) is 0 Å². The SMILES string of the molecule is CCCOC(CC[Si](C)(OCC)OCC)C1(C)C=c2cc3cc4cc5cc6cc7cc8ccccc8cc7cc6cc5cc4cc3cc2=CC1. The fourth-order valence-corrected chi connectivity index (χ4v) is 10.7. The standard InChI is InChI=1S/C46H48O3Si/c1-6-16-47-45(14-17-50(5,48-7-2)49-8-3)46(4)15-13-33-20-36-23-39-26-40-24-37-21-34-18-31-11-9-10-12-32(31)19-35(34)22-38(37)25-41(40)27-42(39)28-43(36)29-44(33)30-46/h9-13,18-30,45H,6-8,14-17H2,1-5H3. The van der Waals surface area contributed by atoms with Crippen LogP contribution < -0.4 is 10.4 Å². The van der Waals surface area contributed by atoms with Crippen LogP contribution in [0.15, 0.2) is 97.1 Å². The first-order valence-electron chi connectivity index (χ1n) is 18.6. The van der Waals surface area contributed by atoms with E-state index in [4.69, 9.17) is 13.6 Å². The summed E-state index contributed by atoms with van der Waals surface area (Å²) < 4.78 is 19.0. The largest absolute Gasteiger partial charge is 0.395 e. The van der Waals surface area contributed by atoms with Crippen molar-refractivity contribution < 1.29 is 13.6 Å². The normalized spacial score (nSPS) is 17.1. The number of fused-ring (bicyclic) bond motifs is 7. The maximum Gasteiger partial charge on any atom is 0.335 e. The van der Waals surface area contributed by atoms with Gasteiger partial charge in [0.15, 0.2) is 0 Å². The third-order valence-corrected chi connectivity index (χ3v) is 14.0. The van der Waals surface area contributed by atoms with Gasteiger partial charge in [-0.15, -0.1) is 0 Å². The second kappa shape index (κ2) is 13.2. The maximum absolute atomic E-state index is 6.62. The molecule has 0 heterocycles. The summed E-state index contributed by atoms with van der Waals surface area (Å²) >= 11 is 0. The molecule has 8 rings (SSSR count). The van der Waals surface area contributed by atoms with E-state index in [-0.39, 0.29) is 11.5 Å². The van der Waals surface area contributed by atoms with Crippen molar-refractivity contribution in [3.63, 3.8) is 0 Å². The summed E-state index contributed by atoms with van der Waals surface area (Å²) in [5.74, 6) is 0. The molecule has 0 N–H and O–H groups in total. The molecule has 2 atom stereocenters. The lowest BCUT2D eigenvalue weighted by Gasteiger charge is -2.37. The van der Waals surface area contributed by atoms with Crippen LogP contribution in [0.25, 0.3) is 76.8 Å². The zero-order chi connectivity index (χ0) is 34.5. The van der Waals surface area contributed by atoms with Crippen molar-refractivity contribution in [1.29, 1.82) is 0 Å². The van der Waals surface area contributed by atoms with Crippen LogP contribution >= 0.6 is 0 Å². The molecule has 0 aliphatic heterocycles. The molecule has 0 aromatic heterocycles. The molecule has 0 fully saturated rings. The van der Waals surface area contributed by atoms with E-state index >= 15 is 0 Å². The maximum atomic E-state index is 6.62. The molecular formula is C46H48O3Si. The van der Waals surface area contributed by atoms with Gasteiger partial charge in [-0.1, -0.05) is 50.3 Å². The Bertz CT molecular complexity index is 2530. The Morgan fingerprint density at radius 2 is 1.02 bits per heavy atom. The Morgan fingerprint density at radius 3 is 1.46 bits per heavy atom. The first-order chi connectivity index (χ1) is 24.3. The summed E-state index contributed by atoms with van der Waals surface area (Å²) in [6, 6.07) is 37.9. The Kier molecular flexibility index (Phi) is 8.77. The summed E-state index contributed by atoms with van der Waals surface area (Å²) in [6.45, 7) is 13.1. The molecule has 7 aromatic carbocycles. The minimum atomic E-state index is -2.24. The van der Waals surface area contributed by atoms with Gasteiger partial charge in [0, 0.05) is 25.2 Å². The quantitative estimate of drug-likeness (QED) is 0.101. The highest BCUT2D eigenvalue weighted by molar-refractivity contribution is 6.66. The van der Waals surface area contributed by atoms with Gasteiger partial charge < -0.3 is 13.6 Å². The van der Waals surface area contributed by atoms with Crippen molar-refractivity contribution in [1.82, 2.24) is 0 Å². The average molecular weight is 677 g/mol. The minimum Gasteiger partial charge on any atom is -0.395 e. The van der Waals surface area contributed by atoms with Crippen molar-refractivity contribution in [2.45, 2.75) is 65.7 Å². The van der Waals surface area contributed by atoms with Gasteiger partial charge in [-0.05, 0) is 194 Å². The van der Waals surface area contributed by atoms with Crippen LogP contribution in [0.1, 0.15) is 47.0 Å². The van der Waals surface area contributed by atoms with Crippen LogP contribution in [0, 0.1) is 5.41 Å². The van der Waals surface area contributed by atoms with Crippen LogP contribution in [-0.4, -0.2) is 34.5 Å². The number of rotatable bonds is 11. The first kappa shape index (κ1) is 33.1. The van der Waals surface area contributed by atoms with E-state index in [1.807, 2.05) is 0 Å². The van der Waals surface area contributed by atoms with Gasteiger partial charge >= 0.3 is 8.56 Å². The van der Waals surface area contributed by atoms with Gasteiger partial charge in [0.2, 0.25) is 0 Å². The van der Waals surface area contributed by atoms with Crippen molar-refractivity contribution in [2.24, 2.45) is 5.41 Å². The van der Waals surface area contributed by atoms with Crippen molar-refractivity contribution >= 4 is 85.3 Å². The summed E-state index contributed by atoms with van der Waals surface area (Å²) in [5, 5.41) is 18.0. The summed E-state index contributed by atoms with van der Waals surface area (Å²) in [6.07, 6.45) is 7.93. The van der Waals surface area contributed by atoms with Gasteiger partial charge in [0.05, 0.1) is 6.10 Å². The average Bonchev–Trinajstić information content (AvgIpc) is 3.10. The second-order valence-corrected chi connectivity index (χ2v) is 18.1. The number of hydrogen-bond donors (Lipinski definition) is 0. The molecule has 7 aromatic rings. The van der Waals surface area contributed by atoms with Crippen LogP contribution in [0.2, 0.25) is 12.6 Å². The molecule has 0 radical (unpaired) electrons. The Morgan fingerprint density at radius 1 is 0.600 bits per heavy atom. The van der Waals surface area contributed by atoms with Gasteiger partial charge in [0.1, 0.15) is 0 Å².